The van der Waals surface area contributed by atoms with Crippen molar-refractivity contribution in [3.63, 3.8) is 0 Å². The number of terminal acetylenes is 1. The van der Waals surface area contributed by atoms with E-state index in [0.29, 0.717) is 12.8 Å². The molecule has 1 atom stereocenters. The van der Waals surface area contributed by atoms with Crippen LogP contribution in [-0.4, -0.2) is 33.0 Å². The molecular formula is C17H28F3NO2Si. The first kappa shape index (κ1) is 22.7. The predicted octanol–water partition coefficient (Wildman–Crippen LogP) is 4.42. The number of amides is 1. The van der Waals surface area contributed by atoms with Gasteiger partial charge in [-0.3, -0.25) is 4.79 Å². The first-order chi connectivity index (χ1) is 10.8. The summed E-state index contributed by atoms with van der Waals surface area (Å²) in [6.07, 6.45) is 5.51. The van der Waals surface area contributed by atoms with Gasteiger partial charge < -0.3 is 9.74 Å². The maximum Gasteiger partial charge on any atom is 0.471 e. The van der Waals surface area contributed by atoms with Crippen LogP contribution in [-0.2, 0) is 9.22 Å². The van der Waals surface area contributed by atoms with Crippen LogP contribution >= 0.6 is 0 Å². The zero-order valence-electron chi connectivity index (χ0n) is 15.1. The zero-order chi connectivity index (χ0) is 19.0. The number of nitrogens with one attached hydrogen (secondary N) is 1. The summed E-state index contributed by atoms with van der Waals surface area (Å²) in [4.78, 5) is 11.2. The third-order valence-electron chi connectivity index (χ3n) is 4.06. The second kappa shape index (κ2) is 9.28. The van der Waals surface area contributed by atoms with E-state index in [9.17, 15) is 18.0 Å². The number of carbonyl (C=O) groups excluding carboxylic acids is 1. The summed E-state index contributed by atoms with van der Waals surface area (Å²) in [6.45, 7) is 10.1. The molecule has 0 fully saturated rings. The minimum atomic E-state index is -4.91. The molecule has 7 heteroatoms. The Labute approximate surface area is 144 Å². The number of allylic oxidation sites excluding steroid dienone is 1. The van der Waals surface area contributed by atoms with Gasteiger partial charge in [0.2, 0.25) is 0 Å². The Balaban J connectivity index is 4.87. The van der Waals surface area contributed by atoms with Crippen molar-refractivity contribution in [2.75, 3.05) is 6.61 Å². The Morgan fingerprint density at radius 1 is 1.33 bits per heavy atom. The molecule has 0 aliphatic rings. The van der Waals surface area contributed by atoms with Gasteiger partial charge >= 0.3 is 12.1 Å². The van der Waals surface area contributed by atoms with Crippen molar-refractivity contribution in [3.05, 3.63) is 12.2 Å². The molecule has 0 heterocycles. The first-order valence-corrected chi connectivity index (χ1v) is 10.8. The van der Waals surface area contributed by atoms with Crippen LogP contribution in [0, 0.1) is 12.3 Å². The fourth-order valence-electron chi connectivity index (χ4n) is 1.49. The second-order valence-corrected chi connectivity index (χ2v) is 12.0. The standard InChI is InChI=1S/C17H28F3NO2Si/c1-7-8-9-10-11-12-14(21-15(22)17(18,19)20)13-23-24(5,6)16(2,3)4/h1,11-12,14H,8-10,13H2,2-6H3,(H,21,22)/b12-11-/t14-/m1/s1. The highest BCUT2D eigenvalue weighted by atomic mass is 28.4. The molecule has 1 amide bonds. The van der Waals surface area contributed by atoms with Gasteiger partial charge in [0.05, 0.1) is 12.6 Å². The van der Waals surface area contributed by atoms with E-state index in [-0.39, 0.29) is 11.6 Å². The van der Waals surface area contributed by atoms with Gasteiger partial charge in [-0.25, -0.2) is 0 Å². The van der Waals surface area contributed by atoms with Gasteiger partial charge in [-0.05, 0) is 31.0 Å². The van der Waals surface area contributed by atoms with Crippen LogP contribution in [0.4, 0.5) is 13.2 Å². The van der Waals surface area contributed by atoms with E-state index in [1.54, 1.807) is 12.2 Å². The molecule has 0 saturated carbocycles. The summed E-state index contributed by atoms with van der Waals surface area (Å²) in [6, 6.07) is -0.820. The van der Waals surface area contributed by atoms with Gasteiger partial charge in [0, 0.05) is 6.42 Å². The number of halogens is 3. The van der Waals surface area contributed by atoms with Gasteiger partial charge in [0.1, 0.15) is 0 Å². The van der Waals surface area contributed by atoms with Crippen molar-refractivity contribution < 1.29 is 22.4 Å². The number of rotatable bonds is 8. The van der Waals surface area contributed by atoms with Gasteiger partial charge in [-0.1, -0.05) is 32.9 Å². The van der Waals surface area contributed by atoms with E-state index in [4.69, 9.17) is 10.8 Å². The molecule has 0 aromatic rings. The Hall–Kier alpha value is -1.26. The Bertz CT molecular complexity index is 474. The molecule has 0 aromatic carbocycles. The quantitative estimate of drug-likeness (QED) is 0.300. The molecule has 0 aliphatic heterocycles. The van der Waals surface area contributed by atoms with E-state index in [0.717, 1.165) is 6.42 Å². The summed E-state index contributed by atoms with van der Waals surface area (Å²) < 4.78 is 43.3. The van der Waals surface area contributed by atoms with Crippen LogP contribution in [0.5, 0.6) is 0 Å². The van der Waals surface area contributed by atoms with Crippen molar-refractivity contribution in [2.24, 2.45) is 0 Å². The summed E-state index contributed by atoms with van der Waals surface area (Å²) in [7, 11) is -2.12. The van der Waals surface area contributed by atoms with Crippen molar-refractivity contribution in [3.8, 4) is 12.3 Å². The van der Waals surface area contributed by atoms with Crippen molar-refractivity contribution in [1.29, 1.82) is 0 Å². The summed E-state index contributed by atoms with van der Waals surface area (Å²) in [5.74, 6) is 0.539. The topological polar surface area (TPSA) is 38.3 Å². The summed E-state index contributed by atoms with van der Waals surface area (Å²) in [5, 5.41) is 1.91. The van der Waals surface area contributed by atoms with Gasteiger partial charge in [0.15, 0.2) is 8.32 Å². The zero-order valence-corrected chi connectivity index (χ0v) is 16.1. The lowest BCUT2D eigenvalue weighted by Crippen LogP contribution is -2.48. The third-order valence-corrected chi connectivity index (χ3v) is 8.56. The number of hydrogen-bond acceptors (Lipinski definition) is 2. The van der Waals surface area contributed by atoms with Crippen LogP contribution in [0.1, 0.15) is 40.0 Å². The van der Waals surface area contributed by atoms with Crippen molar-refractivity contribution in [2.45, 2.75) is 70.4 Å². The normalized spacial score (nSPS) is 14.5. The molecule has 24 heavy (non-hydrogen) atoms. The number of carbonyl (C=O) groups is 1. The summed E-state index contributed by atoms with van der Waals surface area (Å²) >= 11 is 0. The van der Waals surface area contributed by atoms with Gasteiger partial charge in [-0.15, -0.1) is 12.3 Å². The average molecular weight is 363 g/mol. The second-order valence-electron chi connectivity index (χ2n) is 7.17. The SMILES string of the molecule is C#CCCC/C=C\[C@H](CO[Si](C)(C)C(C)(C)C)NC(=O)C(F)(F)F. The van der Waals surface area contributed by atoms with Crippen LogP contribution in [0.15, 0.2) is 12.2 Å². The number of unbranched alkanes of at least 4 members (excludes halogenated alkanes) is 2. The molecule has 138 valence electrons. The van der Waals surface area contributed by atoms with Gasteiger partial charge in [-0.2, -0.15) is 13.2 Å². The van der Waals surface area contributed by atoms with E-state index >= 15 is 0 Å². The summed E-state index contributed by atoms with van der Waals surface area (Å²) in [5.41, 5.74) is 0. The van der Waals surface area contributed by atoms with E-state index < -0.39 is 26.4 Å². The Kier molecular flexibility index (Phi) is 8.79. The lowest BCUT2D eigenvalue weighted by atomic mass is 10.2. The fourth-order valence-corrected chi connectivity index (χ4v) is 2.52. The van der Waals surface area contributed by atoms with Crippen molar-refractivity contribution >= 4 is 14.2 Å². The fraction of sp³-hybridized carbons (Fsp3) is 0.706. The Morgan fingerprint density at radius 2 is 1.92 bits per heavy atom. The van der Waals surface area contributed by atoms with Crippen LogP contribution < -0.4 is 5.32 Å². The Morgan fingerprint density at radius 3 is 2.38 bits per heavy atom. The predicted molar refractivity (Wildman–Crippen MR) is 93.0 cm³/mol. The molecule has 1 N–H and O–H groups in total. The largest absolute Gasteiger partial charge is 0.471 e. The highest BCUT2D eigenvalue weighted by Gasteiger charge is 2.41. The minimum absolute atomic E-state index is 0.0178. The highest BCUT2D eigenvalue weighted by Crippen LogP contribution is 2.36. The van der Waals surface area contributed by atoms with Crippen molar-refractivity contribution in [1.82, 2.24) is 5.32 Å². The monoisotopic (exact) mass is 363 g/mol. The molecule has 0 bridgehead atoms. The van der Waals surface area contributed by atoms with E-state index in [1.807, 2.05) is 39.2 Å². The van der Waals surface area contributed by atoms with Gasteiger partial charge in [0.25, 0.3) is 0 Å². The van der Waals surface area contributed by atoms with Crippen LogP contribution in [0.3, 0.4) is 0 Å². The maximum atomic E-state index is 12.5. The molecule has 0 unspecified atom stereocenters. The molecule has 0 saturated heterocycles. The minimum Gasteiger partial charge on any atom is -0.414 e. The van der Waals surface area contributed by atoms with E-state index in [2.05, 4.69) is 5.92 Å². The molecule has 0 aliphatic carbocycles. The third kappa shape index (κ3) is 8.55. The van der Waals surface area contributed by atoms with Crippen LogP contribution in [0.25, 0.3) is 0 Å². The first-order valence-electron chi connectivity index (χ1n) is 7.93. The molecule has 3 nitrogen and oxygen atoms in total. The molecular weight excluding hydrogens is 335 g/mol. The lowest BCUT2D eigenvalue weighted by molar-refractivity contribution is -0.174. The molecule has 0 aromatic heterocycles. The molecule has 0 spiro atoms. The number of hydrogen-bond donors (Lipinski definition) is 1. The molecule has 0 rings (SSSR count). The van der Waals surface area contributed by atoms with Crippen LogP contribution in [0.2, 0.25) is 18.1 Å². The smallest absolute Gasteiger partial charge is 0.414 e. The molecule has 0 radical (unpaired) electrons. The average Bonchev–Trinajstić information content (AvgIpc) is 2.41. The number of alkyl halides is 3. The lowest BCUT2D eigenvalue weighted by Gasteiger charge is -2.37. The maximum absolute atomic E-state index is 12.5. The van der Waals surface area contributed by atoms with E-state index in [1.165, 1.54) is 0 Å². The highest BCUT2D eigenvalue weighted by molar-refractivity contribution is 6.74.